The van der Waals surface area contributed by atoms with Crippen molar-refractivity contribution >= 4 is 12.0 Å². The monoisotopic (exact) mass is 367 g/mol. The Morgan fingerprint density at radius 2 is 1.58 bits per heavy atom. The maximum Gasteiger partial charge on any atom is 0.315 e. The van der Waals surface area contributed by atoms with Crippen molar-refractivity contribution in [3.05, 3.63) is 0 Å². The summed E-state index contributed by atoms with van der Waals surface area (Å²) < 4.78 is 4.82. The second-order valence-electron chi connectivity index (χ2n) is 8.09. The molecule has 0 unspecified atom stereocenters. The van der Waals surface area contributed by atoms with Crippen molar-refractivity contribution in [3.63, 3.8) is 0 Å². The number of amides is 2. The number of methoxy groups -OCH3 is 1. The third-order valence-electron chi connectivity index (χ3n) is 6.30. The van der Waals surface area contributed by atoms with E-state index in [1.54, 1.807) is 0 Å². The lowest BCUT2D eigenvalue weighted by Crippen LogP contribution is -2.52. The zero-order valence-electron chi connectivity index (χ0n) is 15.8. The first-order valence-corrected chi connectivity index (χ1v) is 10.1. The van der Waals surface area contributed by atoms with Crippen LogP contribution >= 0.6 is 0 Å². The van der Waals surface area contributed by atoms with Gasteiger partial charge in [-0.15, -0.1) is 0 Å². The normalized spacial score (nSPS) is 31.5. The van der Waals surface area contributed by atoms with Crippen LogP contribution < -0.4 is 10.6 Å². The Hall–Kier alpha value is -1.34. The second-order valence-corrected chi connectivity index (χ2v) is 8.09. The van der Waals surface area contributed by atoms with Crippen LogP contribution in [0.1, 0.15) is 57.8 Å². The number of likely N-dealkylation sites (tertiary alicyclic amines) is 1. The molecular weight excluding hydrogens is 334 g/mol. The molecule has 1 heterocycles. The molecule has 2 saturated carbocycles. The van der Waals surface area contributed by atoms with E-state index in [4.69, 9.17) is 4.74 Å². The van der Waals surface area contributed by atoms with Crippen molar-refractivity contribution < 1.29 is 19.4 Å². The highest BCUT2D eigenvalue weighted by molar-refractivity contribution is 5.74. The molecule has 0 spiro atoms. The summed E-state index contributed by atoms with van der Waals surface area (Å²) in [5.74, 6) is -0.417. The minimum atomic E-state index is -0.474. The zero-order valence-corrected chi connectivity index (χ0v) is 15.8. The van der Waals surface area contributed by atoms with E-state index in [0.29, 0.717) is 18.9 Å². The molecule has 0 aromatic heterocycles. The number of nitrogens with zero attached hydrogens (tertiary/aromatic N) is 1. The van der Waals surface area contributed by atoms with E-state index in [-0.39, 0.29) is 30.0 Å². The molecule has 1 saturated heterocycles. The van der Waals surface area contributed by atoms with Crippen LogP contribution in [-0.4, -0.2) is 66.4 Å². The van der Waals surface area contributed by atoms with Crippen LogP contribution in [0.5, 0.6) is 0 Å². The van der Waals surface area contributed by atoms with Gasteiger partial charge < -0.3 is 20.5 Å². The van der Waals surface area contributed by atoms with Crippen molar-refractivity contribution in [1.82, 2.24) is 15.5 Å². The van der Waals surface area contributed by atoms with Crippen LogP contribution in [-0.2, 0) is 9.53 Å². The molecule has 0 aromatic rings. The Bertz CT molecular complexity index is 487. The largest absolute Gasteiger partial charge is 0.469 e. The third kappa shape index (κ3) is 4.88. The number of hydrogen-bond acceptors (Lipinski definition) is 5. The molecule has 0 aromatic carbocycles. The Labute approximate surface area is 155 Å². The molecule has 2 aliphatic carbocycles. The first-order chi connectivity index (χ1) is 12.6. The van der Waals surface area contributed by atoms with Gasteiger partial charge in [-0.1, -0.05) is 19.3 Å². The van der Waals surface area contributed by atoms with E-state index in [0.717, 1.165) is 38.8 Å². The van der Waals surface area contributed by atoms with Crippen molar-refractivity contribution in [2.45, 2.75) is 82.0 Å². The summed E-state index contributed by atoms with van der Waals surface area (Å²) in [4.78, 5) is 26.2. The molecule has 7 heteroatoms. The van der Waals surface area contributed by atoms with Crippen LogP contribution in [0, 0.1) is 5.92 Å². The Morgan fingerprint density at radius 3 is 2.19 bits per heavy atom. The van der Waals surface area contributed by atoms with Crippen LogP contribution in [0.15, 0.2) is 0 Å². The number of rotatable bonds is 4. The number of aliphatic hydroxyl groups excluding tert-OH is 1. The summed E-state index contributed by atoms with van der Waals surface area (Å²) >= 11 is 0. The summed E-state index contributed by atoms with van der Waals surface area (Å²) in [5.41, 5.74) is 0. The molecular formula is C19H33N3O4. The van der Waals surface area contributed by atoms with Gasteiger partial charge in [-0.25, -0.2) is 4.79 Å². The lowest BCUT2D eigenvalue weighted by Gasteiger charge is -2.37. The average Bonchev–Trinajstić information content (AvgIpc) is 3.04. The fraction of sp³-hybridized carbons (Fsp3) is 0.895. The van der Waals surface area contributed by atoms with E-state index < -0.39 is 6.10 Å². The summed E-state index contributed by atoms with van der Waals surface area (Å²) in [7, 11) is 1.40. The minimum absolute atomic E-state index is 0.0242. The highest BCUT2D eigenvalue weighted by Crippen LogP contribution is 2.32. The summed E-state index contributed by atoms with van der Waals surface area (Å²) in [5, 5.41) is 16.5. The van der Waals surface area contributed by atoms with Gasteiger partial charge in [-0.2, -0.15) is 0 Å². The number of nitrogens with one attached hydrogen (secondary N) is 2. The number of urea groups is 1. The van der Waals surface area contributed by atoms with Gasteiger partial charge in [0.25, 0.3) is 0 Å². The third-order valence-corrected chi connectivity index (χ3v) is 6.30. The predicted molar refractivity (Wildman–Crippen MR) is 97.7 cm³/mol. The van der Waals surface area contributed by atoms with E-state index >= 15 is 0 Å². The highest BCUT2D eigenvalue weighted by Gasteiger charge is 2.41. The quantitative estimate of drug-likeness (QED) is 0.654. The molecule has 26 heavy (non-hydrogen) atoms. The molecule has 0 radical (unpaired) electrons. The fourth-order valence-electron chi connectivity index (χ4n) is 4.78. The maximum absolute atomic E-state index is 12.2. The Morgan fingerprint density at radius 1 is 0.962 bits per heavy atom. The van der Waals surface area contributed by atoms with Crippen LogP contribution in [0.2, 0.25) is 0 Å². The van der Waals surface area contributed by atoms with E-state index in [1.807, 2.05) is 0 Å². The van der Waals surface area contributed by atoms with Gasteiger partial charge in [0.05, 0.1) is 19.1 Å². The maximum atomic E-state index is 12.2. The van der Waals surface area contributed by atoms with Gasteiger partial charge in [0.2, 0.25) is 0 Å². The van der Waals surface area contributed by atoms with E-state index in [2.05, 4.69) is 15.5 Å². The van der Waals surface area contributed by atoms with Crippen molar-refractivity contribution in [2.24, 2.45) is 5.92 Å². The van der Waals surface area contributed by atoms with Crippen molar-refractivity contribution in [1.29, 1.82) is 0 Å². The van der Waals surface area contributed by atoms with E-state index in [9.17, 15) is 14.7 Å². The molecule has 1 aliphatic heterocycles. The number of esters is 1. The molecule has 3 fully saturated rings. The van der Waals surface area contributed by atoms with Gasteiger partial charge in [0.1, 0.15) is 0 Å². The topological polar surface area (TPSA) is 90.9 Å². The molecule has 3 rings (SSSR count). The number of hydrogen-bond donors (Lipinski definition) is 3. The summed E-state index contributed by atoms with van der Waals surface area (Å²) in [6.07, 6.45) is 8.31. The van der Waals surface area contributed by atoms with Gasteiger partial charge in [-0.05, 0) is 38.5 Å². The number of carbonyl (C=O) groups excluding carboxylic acids is 2. The SMILES string of the molecule is COC(=O)[C@@H]1C[C@H](O)[C@@H](N2CCC(NC(=O)NC3CCCCC3)CC2)C1. The molecule has 2 amide bonds. The number of aliphatic hydroxyl groups is 1. The Kier molecular flexibility index (Phi) is 6.75. The van der Waals surface area contributed by atoms with Crippen molar-refractivity contribution in [2.75, 3.05) is 20.2 Å². The smallest absolute Gasteiger partial charge is 0.315 e. The van der Waals surface area contributed by atoms with Gasteiger partial charge >= 0.3 is 12.0 Å². The summed E-state index contributed by atoms with van der Waals surface area (Å²) in [6.45, 7) is 1.67. The van der Waals surface area contributed by atoms with Gasteiger partial charge in [0.15, 0.2) is 0 Å². The predicted octanol–water partition coefficient (Wildman–Crippen LogP) is 1.40. The van der Waals surface area contributed by atoms with Crippen LogP contribution in [0.3, 0.4) is 0 Å². The Balaban J connectivity index is 1.40. The lowest BCUT2D eigenvalue weighted by atomic mass is 9.96. The molecule has 3 N–H and O–H groups in total. The molecule has 0 bridgehead atoms. The highest BCUT2D eigenvalue weighted by atomic mass is 16.5. The van der Waals surface area contributed by atoms with Gasteiger partial charge in [0, 0.05) is 31.2 Å². The van der Waals surface area contributed by atoms with E-state index in [1.165, 1.54) is 26.4 Å². The van der Waals surface area contributed by atoms with Crippen LogP contribution in [0.4, 0.5) is 4.79 Å². The van der Waals surface area contributed by atoms with Crippen molar-refractivity contribution in [3.8, 4) is 0 Å². The standard InChI is InChI=1S/C19H33N3O4/c1-26-18(24)13-11-16(17(23)12-13)22-9-7-15(8-10-22)21-19(25)20-14-5-3-2-4-6-14/h13-17,23H,2-12H2,1H3,(H2,20,21,25)/t13-,16-,17-/m0/s1. The van der Waals surface area contributed by atoms with Crippen LogP contribution in [0.25, 0.3) is 0 Å². The fourth-order valence-corrected chi connectivity index (χ4v) is 4.78. The molecule has 7 nitrogen and oxygen atoms in total. The first-order valence-electron chi connectivity index (χ1n) is 10.1. The summed E-state index contributed by atoms with van der Waals surface area (Å²) in [6, 6.07) is 0.496. The number of ether oxygens (including phenoxy) is 1. The zero-order chi connectivity index (χ0) is 18.5. The minimum Gasteiger partial charge on any atom is -0.469 e. The number of carbonyl (C=O) groups is 2. The molecule has 3 aliphatic rings. The van der Waals surface area contributed by atoms with Gasteiger partial charge in [-0.3, -0.25) is 9.69 Å². The second kappa shape index (κ2) is 9.04. The first kappa shape index (κ1) is 19.4. The lowest BCUT2D eigenvalue weighted by molar-refractivity contribution is -0.145. The molecule has 3 atom stereocenters. The average molecular weight is 367 g/mol. The number of piperidine rings is 1. The molecule has 148 valence electrons.